The van der Waals surface area contributed by atoms with Crippen molar-refractivity contribution < 1.29 is 17.3 Å². The fourth-order valence-corrected chi connectivity index (χ4v) is 0.982. The zero-order valence-electron chi connectivity index (χ0n) is 6.07. The number of benzene rings is 1. The summed E-state index contributed by atoms with van der Waals surface area (Å²) < 4.78 is 35.1. The first-order chi connectivity index (χ1) is 5.68. The average molecular weight is 190 g/mol. The van der Waals surface area contributed by atoms with Gasteiger partial charge in [-0.2, -0.15) is 4.21 Å². The van der Waals surface area contributed by atoms with Gasteiger partial charge in [0.05, 0.1) is 6.61 Å². The molecule has 1 aromatic rings. The summed E-state index contributed by atoms with van der Waals surface area (Å²) in [5.41, 5.74) is 0.525. The van der Waals surface area contributed by atoms with Crippen molar-refractivity contribution in [2.24, 2.45) is 0 Å². The highest BCUT2D eigenvalue weighted by Gasteiger charge is 1.97. The highest BCUT2D eigenvalue weighted by Crippen LogP contribution is 2.04. The van der Waals surface area contributed by atoms with Crippen molar-refractivity contribution in [2.45, 2.75) is 6.61 Å². The molecule has 1 unspecified atom stereocenters. The van der Waals surface area contributed by atoms with Crippen molar-refractivity contribution in [3.8, 4) is 0 Å². The van der Waals surface area contributed by atoms with E-state index in [2.05, 4.69) is 4.18 Å². The summed E-state index contributed by atoms with van der Waals surface area (Å²) in [7, 11) is 0. The second-order valence-electron chi connectivity index (χ2n) is 2.11. The Morgan fingerprint density at radius 2 is 2.33 bits per heavy atom. The van der Waals surface area contributed by atoms with Crippen molar-refractivity contribution in [1.29, 1.82) is 0 Å². The van der Waals surface area contributed by atoms with Crippen LogP contribution in [-0.4, -0.2) is 8.76 Å². The van der Waals surface area contributed by atoms with Crippen molar-refractivity contribution in [1.82, 2.24) is 0 Å². The van der Waals surface area contributed by atoms with Gasteiger partial charge in [-0.05, 0) is 17.7 Å². The SMILES string of the molecule is O=S(O)OCc1cccc(F)c1. The van der Waals surface area contributed by atoms with Crippen molar-refractivity contribution in [3.63, 3.8) is 0 Å². The molecule has 1 atom stereocenters. The van der Waals surface area contributed by atoms with E-state index in [1.165, 1.54) is 18.2 Å². The van der Waals surface area contributed by atoms with E-state index in [-0.39, 0.29) is 12.4 Å². The lowest BCUT2D eigenvalue weighted by Crippen LogP contribution is -1.95. The molecular weight excluding hydrogens is 183 g/mol. The highest BCUT2D eigenvalue weighted by atomic mass is 32.2. The molecular formula is C7H7FO3S. The molecule has 0 bridgehead atoms. The van der Waals surface area contributed by atoms with E-state index in [0.29, 0.717) is 5.56 Å². The Morgan fingerprint density at radius 1 is 1.58 bits per heavy atom. The topological polar surface area (TPSA) is 46.5 Å². The summed E-state index contributed by atoms with van der Waals surface area (Å²) in [6.07, 6.45) is 0. The van der Waals surface area contributed by atoms with E-state index < -0.39 is 11.4 Å². The summed E-state index contributed by atoms with van der Waals surface area (Å²) >= 11 is -2.30. The van der Waals surface area contributed by atoms with Crippen LogP contribution < -0.4 is 0 Å². The van der Waals surface area contributed by atoms with Crippen LogP contribution in [0.1, 0.15) is 5.56 Å². The molecule has 0 radical (unpaired) electrons. The van der Waals surface area contributed by atoms with Crippen LogP contribution in [0.5, 0.6) is 0 Å². The van der Waals surface area contributed by atoms with Gasteiger partial charge in [-0.25, -0.2) is 4.39 Å². The average Bonchev–Trinajstić information content (AvgIpc) is 2.01. The van der Waals surface area contributed by atoms with Crippen LogP contribution in [0.3, 0.4) is 0 Å². The molecule has 5 heteroatoms. The summed E-state index contributed by atoms with van der Waals surface area (Å²) in [5, 5.41) is 0. The van der Waals surface area contributed by atoms with Crippen LogP contribution in [0.15, 0.2) is 24.3 Å². The van der Waals surface area contributed by atoms with Gasteiger partial charge in [0, 0.05) is 0 Å². The Kier molecular flexibility index (Phi) is 3.33. The molecule has 3 nitrogen and oxygen atoms in total. The van der Waals surface area contributed by atoms with Crippen LogP contribution >= 0.6 is 0 Å². The minimum atomic E-state index is -2.30. The minimum Gasteiger partial charge on any atom is -0.284 e. The zero-order chi connectivity index (χ0) is 8.97. The summed E-state index contributed by atoms with van der Waals surface area (Å²) in [6.45, 7) is -0.0686. The van der Waals surface area contributed by atoms with E-state index in [9.17, 15) is 8.60 Å². The van der Waals surface area contributed by atoms with Crippen LogP contribution in [0.2, 0.25) is 0 Å². The van der Waals surface area contributed by atoms with Crippen molar-refractivity contribution >= 4 is 11.4 Å². The van der Waals surface area contributed by atoms with E-state index >= 15 is 0 Å². The van der Waals surface area contributed by atoms with Crippen LogP contribution in [0.4, 0.5) is 4.39 Å². The second kappa shape index (κ2) is 4.30. The lowest BCUT2D eigenvalue weighted by atomic mass is 10.2. The van der Waals surface area contributed by atoms with Gasteiger partial charge in [-0.3, -0.25) is 8.74 Å². The van der Waals surface area contributed by atoms with E-state index in [0.717, 1.165) is 0 Å². The molecule has 1 aromatic carbocycles. The number of hydrogen-bond donors (Lipinski definition) is 1. The van der Waals surface area contributed by atoms with Gasteiger partial charge in [0.25, 0.3) is 0 Å². The monoisotopic (exact) mass is 190 g/mol. The third kappa shape index (κ3) is 3.08. The maximum atomic E-state index is 12.5. The number of hydrogen-bond acceptors (Lipinski definition) is 2. The lowest BCUT2D eigenvalue weighted by molar-refractivity contribution is 0.296. The Bertz CT molecular complexity index is 290. The van der Waals surface area contributed by atoms with Crippen LogP contribution in [-0.2, 0) is 22.2 Å². The molecule has 12 heavy (non-hydrogen) atoms. The molecule has 1 N–H and O–H groups in total. The molecule has 0 aliphatic heterocycles. The van der Waals surface area contributed by atoms with Gasteiger partial charge in [-0.15, -0.1) is 0 Å². The van der Waals surface area contributed by atoms with Crippen molar-refractivity contribution in [3.05, 3.63) is 35.6 Å². The molecule has 0 saturated heterocycles. The molecule has 0 aliphatic carbocycles. The first-order valence-electron chi connectivity index (χ1n) is 3.17. The molecule has 66 valence electrons. The Morgan fingerprint density at radius 3 is 2.92 bits per heavy atom. The number of rotatable bonds is 3. The first kappa shape index (κ1) is 9.31. The predicted octanol–water partition coefficient (Wildman–Crippen LogP) is 1.48. The normalized spacial score (nSPS) is 12.8. The Balaban J connectivity index is 2.57. The van der Waals surface area contributed by atoms with Gasteiger partial charge in [-0.1, -0.05) is 12.1 Å². The van der Waals surface area contributed by atoms with E-state index in [4.69, 9.17) is 4.55 Å². The third-order valence-corrected chi connectivity index (χ3v) is 1.53. The summed E-state index contributed by atoms with van der Waals surface area (Å²) in [4.78, 5) is 0. The first-order valence-corrected chi connectivity index (χ1v) is 4.20. The zero-order valence-corrected chi connectivity index (χ0v) is 6.88. The minimum absolute atomic E-state index is 0.0686. The molecule has 0 heterocycles. The standard InChI is InChI=1S/C7H7FO3S/c8-7-3-1-2-6(4-7)5-11-12(9)10/h1-4H,5H2,(H,9,10). The van der Waals surface area contributed by atoms with Crippen LogP contribution in [0.25, 0.3) is 0 Å². The number of halogens is 1. The van der Waals surface area contributed by atoms with Gasteiger partial charge in [0.15, 0.2) is 0 Å². The smallest absolute Gasteiger partial charge is 0.284 e. The van der Waals surface area contributed by atoms with Crippen LogP contribution in [0, 0.1) is 5.82 Å². The Hall–Kier alpha value is -0.780. The van der Waals surface area contributed by atoms with E-state index in [1.54, 1.807) is 6.07 Å². The van der Waals surface area contributed by atoms with E-state index in [1.807, 2.05) is 0 Å². The second-order valence-corrected chi connectivity index (χ2v) is 2.78. The highest BCUT2D eigenvalue weighted by molar-refractivity contribution is 7.74. The molecule has 1 rings (SSSR count). The molecule has 0 aromatic heterocycles. The fraction of sp³-hybridized carbons (Fsp3) is 0.143. The van der Waals surface area contributed by atoms with Gasteiger partial charge in [0.2, 0.25) is 0 Å². The molecule has 0 saturated carbocycles. The summed E-state index contributed by atoms with van der Waals surface area (Å²) in [5.74, 6) is -0.389. The molecule has 0 fully saturated rings. The predicted molar refractivity (Wildman–Crippen MR) is 42.0 cm³/mol. The maximum absolute atomic E-state index is 12.5. The Labute approximate surface area is 71.7 Å². The van der Waals surface area contributed by atoms with Gasteiger partial charge >= 0.3 is 11.4 Å². The molecule has 0 aliphatic rings. The molecule has 0 spiro atoms. The lowest BCUT2D eigenvalue weighted by Gasteiger charge is -1.98. The fourth-order valence-electron chi connectivity index (χ4n) is 0.745. The van der Waals surface area contributed by atoms with Gasteiger partial charge < -0.3 is 0 Å². The largest absolute Gasteiger partial charge is 0.302 e. The maximum Gasteiger partial charge on any atom is 0.302 e. The quantitative estimate of drug-likeness (QED) is 0.734. The van der Waals surface area contributed by atoms with Crippen molar-refractivity contribution in [2.75, 3.05) is 0 Å². The third-order valence-electron chi connectivity index (χ3n) is 1.22. The molecule has 0 amide bonds. The summed E-state index contributed by atoms with van der Waals surface area (Å²) in [6, 6.07) is 5.65. The van der Waals surface area contributed by atoms with Gasteiger partial charge in [0.1, 0.15) is 5.82 Å².